The first-order valence-electron chi connectivity index (χ1n) is 5.92. The summed E-state index contributed by atoms with van der Waals surface area (Å²) in [6, 6.07) is 7.29. The van der Waals surface area contributed by atoms with Gasteiger partial charge in [0.25, 0.3) is 0 Å². The molecule has 1 aromatic carbocycles. The Kier molecular flexibility index (Phi) is 2.55. The molecule has 1 atom stereocenters. The van der Waals surface area contributed by atoms with Gasteiger partial charge in [-0.3, -0.25) is 4.79 Å². The first-order chi connectivity index (χ1) is 8.57. The van der Waals surface area contributed by atoms with Gasteiger partial charge in [-0.2, -0.15) is 0 Å². The smallest absolute Gasteiger partial charge is 0.246 e. The summed E-state index contributed by atoms with van der Waals surface area (Å²) in [5.41, 5.74) is 1.68. The first-order valence-corrected chi connectivity index (χ1v) is 7.74. The van der Waals surface area contributed by atoms with Crippen LogP contribution in [-0.4, -0.2) is 38.4 Å². The number of sulfone groups is 1. The van der Waals surface area contributed by atoms with Crippen LogP contribution < -0.4 is 10.2 Å². The number of benzene rings is 1. The van der Waals surface area contributed by atoms with Crippen LogP contribution in [0.1, 0.15) is 6.42 Å². The van der Waals surface area contributed by atoms with Gasteiger partial charge in [-0.1, -0.05) is 12.1 Å². The molecule has 6 heteroatoms. The van der Waals surface area contributed by atoms with Crippen LogP contribution in [-0.2, 0) is 14.6 Å². The topological polar surface area (TPSA) is 66.5 Å². The molecule has 18 heavy (non-hydrogen) atoms. The highest BCUT2D eigenvalue weighted by molar-refractivity contribution is 7.91. The van der Waals surface area contributed by atoms with E-state index < -0.39 is 9.84 Å². The van der Waals surface area contributed by atoms with Crippen molar-refractivity contribution in [1.29, 1.82) is 0 Å². The van der Waals surface area contributed by atoms with Crippen LogP contribution in [0.2, 0.25) is 0 Å². The summed E-state index contributed by atoms with van der Waals surface area (Å²) in [6.07, 6.45) is 0.530. The highest BCUT2D eigenvalue weighted by atomic mass is 32.2. The third-order valence-corrected chi connectivity index (χ3v) is 5.19. The maximum absolute atomic E-state index is 12.0. The van der Waals surface area contributed by atoms with Crippen molar-refractivity contribution >= 4 is 27.1 Å². The largest absolute Gasteiger partial charge is 0.374 e. The van der Waals surface area contributed by atoms with E-state index in [0.29, 0.717) is 6.42 Å². The summed E-state index contributed by atoms with van der Waals surface area (Å²) in [4.78, 5) is 13.7. The first kappa shape index (κ1) is 11.5. The number of rotatable bonds is 1. The summed E-state index contributed by atoms with van der Waals surface area (Å²) in [6.45, 7) is 0.230. The summed E-state index contributed by atoms with van der Waals surface area (Å²) in [5.74, 6) is 0.195. The van der Waals surface area contributed by atoms with Crippen molar-refractivity contribution in [2.45, 2.75) is 12.5 Å². The molecule has 0 aliphatic carbocycles. The molecule has 1 saturated heterocycles. The van der Waals surface area contributed by atoms with Crippen LogP contribution in [0.5, 0.6) is 0 Å². The van der Waals surface area contributed by atoms with Gasteiger partial charge in [0.2, 0.25) is 5.91 Å². The fraction of sp³-hybridized carbons (Fsp3) is 0.417. The van der Waals surface area contributed by atoms with Crippen molar-refractivity contribution in [1.82, 2.24) is 0 Å². The van der Waals surface area contributed by atoms with Gasteiger partial charge < -0.3 is 10.2 Å². The molecule has 5 nitrogen and oxygen atoms in total. The Balaban J connectivity index is 1.99. The third kappa shape index (κ3) is 1.86. The Hall–Kier alpha value is -1.56. The van der Waals surface area contributed by atoms with Gasteiger partial charge in [0.05, 0.1) is 35.5 Å². The third-order valence-electron chi connectivity index (χ3n) is 3.44. The highest BCUT2D eigenvalue weighted by Gasteiger charge is 2.37. The van der Waals surface area contributed by atoms with E-state index in [1.54, 1.807) is 4.90 Å². The summed E-state index contributed by atoms with van der Waals surface area (Å²) in [5, 5.41) is 3.05. The van der Waals surface area contributed by atoms with Crippen molar-refractivity contribution in [3.05, 3.63) is 24.3 Å². The van der Waals surface area contributed by atoms with Gasteiger partial charge in [-0.25, -0.2) is 8.42 Å². The maximum Gasteiger partial charge on any atom is 0.246 e. The molecule has 1 aromatic rings. The molecule has 1 N–H and O–H groups in total. The summed E-state index contributed by atoms with van der Waals surface area (Å²) in [7, 11) is -2.99. The summed E-state index contributed by atoms with van der Waals surface area (Å²) < 4.78 is 23.1. The minimum atomic E-state index is -2.99. The van der Waals surface area contributed by atoms with Crippen molar-refractivity contribution in [3.8, 4) is 0 Å². The van der Waals surface area contributed by atoms with E-state index in [9.17, 15) is 13.2 Å². The second-order valence-electron chi connectivity index (χ2n) is 4.69. The van der Waals surface area contributed by atoms with Gasteiger partial charge in [-0.05, 0) is 18.6 Å². The average Bonchev–Trinajstić information content (AvgIpc) is 2.69. The molecule has 2 heterocycles. The zero-order valence-electron chi connectivity index (χ0n) is 9.80. The number of amides is 1. The lowest BCUT2D eigenvalue weighted by molar-refractivity contribution is -0.117. The second-order valence-corrected chi connectivity index (χ2v) is 6.92. The van der Waals surface area contributed by atoms with Gasteiger partial charge in [-0.15, -0.1) is 0 Å². The van der Waals surface area contributed by atoms with E-state index in [1.807, 2.05) is 24.3 Å². The number of nitrogens with zero attached hydrogens (tertiary/aromatic N) is 1. The second kappa shape index (κ2) is 3.98. The molecule has 3 rings (SSSR count). The van der Waals surface area contributed by atoms with Crippen molar-refractivity contribution in [2.75, 3.05) is 28.3 Å². The van der Waals surface area contributed by atoms with Gasteiger partial charge in [0.1, 0.15) is 0 Å². The minimum Gasteiger partial charge on any atom is -0.374 e. The SMILES string of the molecule is O=C1CNc2ccccc2N1C1CCS(=O)(=O)C1. The zero-order valence-corrected chi connectivity index (χ0v) is 10.6. The van der Waals surface area contributed by atoms with Crippen LogP contribution in [0.3, 0.4) is 0 Å². The molecule has 2 aliphatic heterocycles. The monoisotopic (exact) mass is 266 g/mol. The average molecular weight is 266 g/mol. The number of carbonyl (C=O) groups is 1. The predicted molar refractivity (Wildman–Crippen MR) is 69.5 cm³/mol. The lowest BCUT2D eigenvalue weighted by atomic mass is 10.1. The molecule has 0 bridgehead atoms. The molecular weight excluding hydrogens is 252 g/mol. The van der Waals surface area contributed by atoms with Gasteiger partial charge >= 0.3 is 0 Å². The fourth-order valence-corrected chi connectivity index (χ4v) is 4.30. The van der Waals surface area contributed by atoms with E-state index >= 15 is 0 Å². The molecule has 0 saturated carbocycles. The number of carbonyl (C=O) groups excluding carboxylic acids is 1. The number of hydrogen-bond donors (Lipinski definition) is 1. The molecule has 1 unspecified atom stereocenters. The highest BCUT2D eigenvalue weighted by Crippen LogP contribution is 2.33. The number of nitrogens with one attached hydrogen (secondary N) is 1. The number of para-hydroxylation sites is 2. The van der Waals surface area contributed by atoms with Crippen molar-refractivity contribution in [3.63, 3.8) is 0 Å². The van der Waals surface area contributed by atoms with Crippen LogP contribution in [0.15, 0.2) is 24.3 Å². The van der Waals surface area contributed by atoms with Crippen LogP contribution >= 0.6 is 0 Å². The summed E-state index contributed by atoms with van der Waals surface area (Å²) >= 11 is 0. The number of fused-ring (bicyclic) bond motifs is 1. The molecular formula is C12H14N2O3S. The molecule has 0 radical (unpaired) electrons. The minimum absolute atomic E-state index is 0.0594. The van der Waals surface area contributed by atoms with E-state index in [-0.39, 0.29) is 30.0 Å². The van der Waals surface area contributed by atoms with E-state index in [1.165, 1.54) is 0 Å². The normalized spacial score (nSPS) is 25.7. The number of anilines is 2. The van der Waals surface area contributed by atoms with Crippen LogP contribution in [0, 0.1) is 0 Å². The lowest BCUT2D eigenvalue weighted by Gasteiger charge is -2.34. The van der Waals surface area contributed by atoms with E-state index in [2.05, 4.69) is 5.32 Å². The lowest BCUT2D eigenvalue weighted by Crippen LogP contribution is -2.47. The van der Waals surface area contributed by atoms with Crippen LogP contribution in [0.25, 0.3) is 0 Å². The molecule has 96 valence electrons. The van der Waals surface area contributed by atoms with Crippen molar-refractivity contribution < 1.29 is 13.2 Å². The fourth-order valence-electron chi connectivity index (χ4n) is 2.60. The van der Waals surface area contributed by atoms with Crippen LogP contribution in [0.4, 0.5) is 11.4 Å². The zero-order chi connectivity index (χ0) is 12.8. The van der Waals surface area contributed by atoms with Crippen molar-refractivity contribution in [2.24, 2.45) is 0 Å². The number of hydrogen-bond acceptors (Lipinski definition) is 4. The van der Waals surface area contributed by atoms with E-state index in [4.69, 9.17) is 0 Å². The maximum atomic E-state index is 12.0. The Morgan fingerprint density at radius 2 is 2.06 bits per heavy atom. The molecule has 0 spiro atoms. The molecule has 0 aromatic heterocycles. The van der Waals surface area contributed by atoms with E-state index in [0.717, 1.165) is 11.4 Å². The van der Waals surface area contributed by atoms with Gasteiger partial charge in [0, 0.05) is 0 Å². The standard InChI is InChI=1S/C12H14N2O3S/c15-12-7-13-10-3-1-2-4-11(10)14(12)9-5-6-18(16,17)8-9/h1-4,9,13H,5-8H2. The van der Waals surface area contributed by atoms with Gasteiger partial charge in [0.15, 0.2) is 9.84 Å². The predicted octanol–water partition coefficient (Wildman–Crippen LogP) is 0.632. The quantitative estimate of drug-likeness (QED) is 0.809. The Morgan fingerprint density at radius 3 is 2.78 bits per heavy atom. The molecule has 2 aliphatic rings. The Labute approximate surface area is 106 Å². The molecule has 1 fully saturated rings. The molecule has 1 amide bonds. The Morgan fingerprint density at radius 1 is 1.28 bits per heavy atom. The Bertz CT molecular complexity index is 597.